The lowest BCUT2D eigenvalue weighted by atomic mass is 10.1. The molecule has 2 amide bonds. The summed E-state index contributed by atoms with van der Waals surface area (Å²) in [7, 11) is 1.72. The van der Waals surface area contributed by atoms with Gasteiger partial charge in [0.2, 0.25) is 5.91 Å². The van der Waals surface area contributed by atoms with Crippen LogP contribution >= 0.6 is 0 Å². The second kappa shape index (κ2) is 6.95. The lowest BCUT2D eigenvalue weighted by Gasteiger charge is -2.18. The molecular weight excluding hydrogens is 332 g/mol. The fraction of sp³-hybridized carbons (Fsp3) is 0.263. The van der Waals surface area contributed by atoms with Crippen LogP contribution in [0.2, 0.25) is 0 Å². The van der Waals surface area contributed by atoms with E-state index >= 15 is 0 Å². The van der Waals surface area contributed by atoms with Crippen molar-refractivity contribution in [1.29, 1.82) is 0 Å². The molecule has 1 N–H and O–H groups in total. The van der Waals surface area contributed by atoms with Gasteiger partial charge in [-0.05, 0) is 31.5 Å². The molecule has 7 heteroatoms. The lowest BCUT2D eigenvalue weighted by molar-refractivity contribution is -0.128. The van der Waals surface area contributed by atoms with E-state index in [4.69, 9.17) is 4.52 Å². The fourth-order valence-electron chi connectivity index (χ4n) is 2.73. The predicted molar refractivity (Wildman–Crippen MR) is 97.8 cm³/mol. The van der Waals surface area contributed by atoms with Gasteiger partial charge in [-0.25, -0.2) is 4.98 Å². The van der Waals surface area contributed by atoms with Crippen LogP contribution in [0.15, 0.2) is 34.9 Å². The molecule has 0 aliphatic rings. The van der Waals surface area contributed by atoms with Gasteiger partial charge in [-0.3, -0.25) is 9.59 Å². The first-order valence-electron chi connectivity index (χ1n) is 8.21. The van der Waals surface area contributed by atoms with Crippen LogP contribution < -0.4 is 5.32 Å². The minimum absolute atomic E-state index is 0.0438. The number of anilines is 1. The van der Waals surface area contributed by atoms with E-state index in [-0.39, 0.29) is 11.8 Å². The number of benzene rings is 1. The highest BCUT2D eigenvalue weighted by molar-refractivity contribution is 6.12. The third-order valence-corrected chi connectivity index (χ3v) is 4.20. The second-order valence-corrected chi connectivity index (χ2v) is 6.25. The molecule has 2 heterocycles. The number of hydrogen-bond acceptors (Lipinski definition) is 5. The third-order valence-electron chi connectivity index (χ3n) is 4.20. The average Bonchev–Trinajstić information content (AvgIpc) is 2.96. The van der Waals surface area contributed by atoms with Crippen molar-refractivity contribution in [2.45, 2.75) is 27.3 Å². The van der Waals surface area contributed by atoms with Crippen molar-refractivity contribution in [3.05, 3.63) is 52.8 Å². The molecular formula is C19H20N4O3. The molecule has 0 atom stereocenters. The molecule has 0 saturated carbocycles. The van der Waals surface area contributed by atoms with Crippen LogP contribution in [0.3, 0.4) is 0 Å². The first-order valence-corrected chi connectivity index (χ1v) is 8.21. The molecule has 7 nitrogen and oxygen atoms in total. The molecule has 0 saturated heterocycles. The maximum absolute atomic E-state index is 12.9. The maximum atomic E-state index is 12.9. The van der Waals surface area contributed by atoms with Crippen LogP contribution in [0.25, 0.3) is 11.1 Å². The topological polar surface area (TPSA) is 88.3 Å². The summed E-state index contributed by atoms with van der Waals surface area (Å²) in [5.74, 6) is -0.317. The normalized spacial score (nSPS) is 10.8. The number of amides is 2. The third kappa shape index (κ3) is 3.42. The van der Waals surface area contributed by atoms with Crippen LogP contribution in [0.1, 0.15) is 34.2 Å². The molecule has 134 valence electrons. The van der Waals surface area contributed by atoms with Gasteiger partial charge in [0.25, 0.3) is 11.6 Å². The Bertz CT molecular complexity index is 994. The Labute approximate surface area is 151 Å². The highest BCUT2D eigenvalue weighted by Gasteiger charge is 2.19. The number of aromatic nitrogens is 2. The smallest absolute Gasteiger partial charge is 0.258 e. The van der Waals surface area contributed by atoms with Crippen molar-refractivity contribution in [3.63, 3.8) is 0 Å². The van der Waals surface area contributed by atoms with Crippen molar-refractivity contribution >= 4 is 28.6 Å². The zero-order valence-corrected chi connectivity index (χ0v) is 15.2. The van der Waals surface area contributed by atoms with Crippen molar-refractivity contribution in [2.24, 2.45) is 0 Å². The Balaban J connectivity index is 1.95. The SMILES string of the molecule is CC(=O)N(C)Cc1ccccc1NC(=O)c1cc(C)nc2onc(C)c12. The molecule has 0 aliphatic heterocycles. The molecule has 2 aromatic heterocycles. The summed E-state index contributed by atoms with van der Waals surface area (Å²) in [6, 6.07) is 9.12. The largest absolute Gasteiger partial charge is 0.342 e. The van der Waals surface area contributed by atoms with Crippen molar-refractivity contribution in [3.8, 4) is 0 Å². The van der Waals surface area contributed by atoms with E-state index in [9.17, 15) is 9.59 Å². The van der Waals surface area contributed by atoms with Crippen LogP contribution in [0, 0.1) is 13.8 Å². The number of para-hydroxylation sites is 1. The summed E-state index contributed by atoms with van der Waals surface area (Å²) < 4.78 is 5.19. The molecule has 0 radical (unpaired) electrons. The molecule has 1 aromatic carbocycles. The van der Waals surface area contributed by atoms with Gasteiger partial charge in [0, 0.05) is 31.9 Å². The Hall–Kier alpha value is -3.22. The fourth-order valence-corrected chi connectivity index (χ4v) is 2.73. The van der Waals surface area contributed by atoms with Gasteiger partial charge in [0.05, 0.1) is 16.6 Å². The second-order valence-electron chi connectivity index (χ2n) is 6.25. The minimum Gasteiger partial charge on any atom is -0.342 e. The van der Waals surface area contributed by atoms with Gasteiger partial charge in [0.15, 0.2) is 0 Å². The number of fused-ring (bicyclic) bond motifs is 1. The molecule has 0 unspecified atom stereocenters. The van der Waals surface area contributed by atoms with Gasteiger partial charge in [-0.2, -0.15) is 0 Å². The summed E-state index contributed by atoms with van der Waals surface area (Å²) in [4.78, 5) is 30.3. The number of nitrogens with zero attached hydrogens (tertiary/aromatic N) is 3. The summed E-state index contributed by atoms with van der Waals surface area (Å²) in [6.45, 7) is 5.48. The summed E-state index contributed by atoms with van der Waals surface area (Å²) in [5, 5.41) is 7.44. The van der Waals surface area contributed by atoms with Crippen molar-refractivity contribution in [2.75, 3.05) is 12.4 Å². The molecule has 0 bridgehead atoms. The number of carbonyl (C=O) groups excluding carboxylic acids is 2. The first kappa shape index (κ1) is 17.6. The predicted octanol–water partition coefficient (Wildman–Crippen LogP) is 3.07. The van der Waals surface area contributed by atoms with Crippen molar-refractivity contribution in [1.82, 2.24) is 15.0 Å². The van der Waals surface area contributed by atoms with E-state index in [1.165, 1.54) is 6.92 Å². The first-order chi connectivity index (χ1) is 12.4. The molecule has 3 rings (SSSR count). The molecule has 3 aromatic rings. The van der Waals surface area contributed by atoms with Crippen molar-refractivity contribution < 1.29 is 14.1 Å². The Morgan fingerprint density at radius 3 is 2.69 bits per heavy atom. The van der Waals surface area contributed by atoms with E-state index in [1.54, 1.807) is 31.9 Å². The number of aryl methyl sites for hydroxylation is 2. The Kier molecular flexibility index (Phi) is 4.71. The lowest BCUT2D eigenvalue weighted by Crippen LogP contribution is -2.24. The molecule has 0 fully saturated rings. The van der Waals surface area contributed by atoms with Crippen LogP contribution in [-0.2, 0) is 11.3 Å². The minimum atomic E-state index is -0.273. The van der Waals surface area contributed by atoms with Gasteiger partial charge in [-0.1, -0.05) is 23.4 Å². The molecule has 0 aliphatic carbocycles. The van der Waals surface area contributed by atoms with Crippen LogP contribution in [0.5, 0.6) is 0 Å². The number of carbonyl (C=O) groups is 2. The van der Waals surface area contributed by atoms with E-state index in [0.717, 1.165) is 5.56 Å². The number of hydrogen-bond donors (Lipinski definition) is 1. The maximum Gasteiger partial charge on any atom is 0.258 e. The highest BCUT2D eigenvalue weighted by atomic mass is 16.5. The summed E-state index contributed by atoms with van der Waals surface area (Å²) in [6.07, 6.45) is 0. The monoisotopic (exact) mass is 352 g/mol. The Morgan fingerprint density at radius 1 is 1.23 bits per heavy atom. The standard InChI is InChI=1S/C19H20N4O3/c1-11-9-15(17-12(2)22-26-19(17)20-11)18(25)21-16-8-6-5-7-14(16)10-23(4)13(3)24/h5-9H,10H2,1-4H3,(H,21,25). The van der Waals surface area contributed by atoms with Gasteiger partial charge < -0.3 is 14.7 Å². The summed E-state index contributed by atoms with van der Waals surface area (Å²) >= 11 is 0. The van der Waals surface area contributed by atoms with Crippen LogP contribution in [-0.4, -0.2) is 33.9 Å². The molecule has 0 spiro atoms. The van der Waals surface area contributed by atoms with Gasteiger partial charge in [-0.15, -0.1) is 0 Å². The number of pyridine rings is 1. The quantitative estimate of drug-likeness (QED) is 0.779. The zero-order valence-electron chi connectivity index (χ0n) is 15.2. The van der Waals surface area contributed by atoms with E-state index in [1.807, 2.05) is 24.3 Å². The van der Waals surface area contributed by atoms with E-state index in [2.05, 4.69) is 15.5 Å². The van der Waals surface area contributed by atoms with Gasteiger partial charge in [0.1, 0.15) is 0 Å². The number of nitrogens with one attached hydrogen (secondary N) is 1. The zero-order chi connectivity index (χ0) is 18.8. The number of rotatable bonds is 4. The van der Waals surface area contributed by atoms with Crippen LogP contribution in [0.4, 0.5) is 5.69 Å². The molecule has 26 heavy (non-hydrogen) atoms. The van der Waals surface area contributed by atoms with Gasteiger partial charge >= 0.3 is 0 Å². The Morgan fingerprint density at radius 2 is 1.96 bits per heavy atom. The van der Waals surface area contributed by atoms with E-state index in [0.29, 0.717) is 40.3 Å². The highest BCUT2D eigenvalue weighted by Crippen LogP contribution is 2.24. The van der Waals surface area contributed by atoms with E-state index < -0.39 is 0 Å². The summed E-state index contributed by atoms with van der Waals surface area (Å²) in [5.41, 5.74) is 3.59. The average molecular weight is 352 g/mol.